The van der Waals surface area contributed by atoms with Crippen molar-refractivity contribution < 1.29 is 9.72 Å². The highest BCUT2D eigenvalue weighted by atomic mass is 79.9. The molecule has 5 rings (SSSR count). The molecule has 5 aromatic rings. The molecule has 1 N–H and O–H groups in total. The van der Waals surface area contributed by atoms with Gasteiger partial charge in [0.2, 0.25) is 0 Å². The van der Waals surface area contributed by atoms with Crippen LogP contribution in [0, 0.1) is 10.1 Å². The highest BCUT2D eigenvalue weighted by Crippen LogP contribution is 2.33. The monoisotopic (exact) mass is 523 g/mol. The van der Waals surface area contributed by atoms with Gasteiger partial charge in [0.1, 0.15) is 0 Å². The summed E-state index contributed by atoms with van der Waals surface area (Å²) < 4.78 is 0.934. The van der Waals surface area contributed by atoms with Crippen molar-refractivity contribution >= 4 is 44.1 Å². The molecule has 0 radical (unpaired) electrons. The van der Waals surface area contributed by atoms with Crippen LogP contribution in [0.25, 0.3) is 33.3 Å². The Morgan fingerprint density at radius 3 is 2.23 bits per heavy atom. The number of pyridine rings is 1. The van der Waals surface area contributed by atoms with E-state index in [0.717, 1.165) is 32.1 Å². The van der Waals surface area contributed by atoms with Gasteiger partial charge >= 0.3 is 0 Å². The van der Waals surface area contributed by atoms with Gasteiger partial charge in [0.15, 0.2) is 0 Å². The third-order valence-corrected chi connectivity index (χ3v) is 6.16. The number of rotatable bonds is 5. The lowest BCUT2D eigenvalue weighted by Gasteiger charge is -2.12. The van der Waals surface area contributed by atoms with Crippen LogP contribution < -0.4 is 5.32 Å². The molecule has 1 amide bonds. The van der Waals surface area contributed by atoms with Crippen molar-refractivity contribution in [2.75, 3.05) is 5.32 Å². The first-order chi connectivity index (χ1) is 17.0. The van der Waals surface area contributed by atoms with Gasteiger partial charge in [0.05, 0.1) is 16.1 Å². The molecule has 1 heterocycles. The number of carbonyl (C=O) groups is 1. The lowest BCUT2D eigenvalue weighted by atomic mass is 9.97. The van der Waals surface area contributed by atoms with E-state index in [1.165, 1.54) is 12.1 Å². The zero-order valence-corrected chi connectivity index (χ0v) is 19.9. The summed E-state index contributed by atoms with van der Waals surface area (Å²) in [5, 5.41) is 14.8. The molecule has 7 heteroatoms. The number of nitro groups is 1. The predicted molar refractivity (Wildman–Crippen MR) is 141 cm³/mol. The molecule has 0 unspecified atom stereocenters. The topological polar surface area (TPSA) is 85.1 Å². The average Bonchev–Trinajstić information content (AvgIpc) is 2.89. The number of non-ortho nitro benzene ring substituents is 1. The summed E-state index contributed by atoms with van der Waals surface area (Å²) in [7, 11) is 0. The SMILES string of the molecule is O=C(Nc1ccc(Br)cc1)c1ccc2nc(-c3ccc([N+](=O)[O-])cc3)cc(-c3ccccc3)c2c1. The van der Waals surface area contributed by atoms with Crippen molar-refractivity contribution in [1.29, 1.82) is 0 Å². The molecule has 4 aromatic carbocycles. The molecule has 0 aliphatic rings. The molecule has 0 bridgehead atoms. The summed E-state index contributed by atoms with van der Waals surface area (Å²) in [5.41, 5.74) is 5.33. The highest BCUT2D eigenvalue weighted by Gasteiger charge is 2.14. The first-order valence-corrected chi connectivity index (χ1v) is 11.6. The van der Waals surface area contributed by atoms with Crippen LogP contribution in [-0.2, 0) is 0 Å². The fourth-order valence-corrected chi connectivity index (χ4v) is 4.13. The summed E-state index contributed by atoms with van der Waals surface area (Å²) >= 11 is 3.40. The van der Waals surface area contributed by atoms with Crippen molar-refractivity contribution in [2.24, 2.45) is 0 Å². The van der Waals surface area contributed by atoms with Gasteiger partial charge in [-0.1, -0.05) is 46.3 Å². The number of nitrogens with zero attached hydrogens (tertiary/aromatic N) is 2. The zero-order valence-electron chi connectivity index (χ0n) is 18.3. The molecular weight excluding hydrogens is 506 g/mol. The lowest BCUT2D eigenvalue weighted by Crippen LogP contribution is -2.11. The highest BCUT2D eigenvalue weighted by molar-refractivity contribution is 9.10. The van der Waals surface area contributed by atoms with Crippen LogP contribution in [0.1, 0.15) is 10.4 Å². The van der Waals surface area contributed by atoms with Crippen molar-refractivity contribution in [2.45, 2.75) is 0 Å². The lowest BCUT2D eigenvalue weighted by molar-refractivity contribution is -0.384. The first kappa shape index (κ1) is 22.4. The second-order valence-corrected chi connectivity index (χ2v) is 8.83. The molecule has 0 fully saturated rings. The van der Waals surface area contributed by atoms with E-state index in [4.69, 9.17) is 4.98 Å². The van der Waals surface area contributed by atoms with Crippen molar-refractivity contribution in [3.63, 3.8) is 0 Å². The normalized spacial score (nSPS) is 10.8. The summed E-state index contributed by atoms with van der Waals surface area (Å²) in [5.74, 6) is -0.215. The van der Waals surface area contributed by atoms with E-state index in [-0.39, 0.29) is 11.6 Å². The summed E-state index contributed by atoms with van der Waals surface area (Å²) in [6.45, 7) is 0. The maximum absolute atomic E-state index is 13.0. The fraction of sp³-hybridized carbons (Fsp3) is 0. The van der Waals surface area contributed by atoms with E-state index >= 15 is 0 Å². The number of hydrogen-bond acceptors (Lipinski definition) is 4. The number of fused-ring (bicyclic) bond motifs is 1. The number of nitrogens with one attached hydrogen (secondary N) is 1. The number of hydrogen-bond donors (Lipinski definition) is 1. The third kappa shape index (κ3) is 4.81. The standard InChI is InChI=1S/C28H18BrN3O3/c29-21-9-11-22(12-10-21)30-28(33)20-8-15-26-25(16-20)24(18-4-2-1-3-5-18)17-27(31-26)19-6-13-23(14-7-19)32(34)35/h1-17H,(H,30,33). The second kappa shape index (κ2) is 9.48. The smallest absolute Gasteiger partial charge is 0.269 e. The number of benzene rings is 4. The number of halogens is 1. The van der Waals surface area contributed by atoms with Crippen LogP contribution in [0.4, 0.5) is 11.4 Å². The van der Waals surface area contributed by atoms with Gasteiger partial charge in [-0.25, -0.2) is 4.98 Å². The minimum Gasteiger partial charge on any atom is -0.322 e. The maximum atomic E-state index is 13.0. The molecule has 0 saturated heterocycles. The summed E-state index contributed by atoms with van der Waals surface area (Å²) in [6, 6.07) is 31.0. The number of amides is 1. The Morgan fingerprint density at radius 1 is 0.829 bits per heavy atom. The van der Waals surface area contributed by atoms with Gasteiger partial charge in [-0.3, -0.25) is 14.9 Å². The molecule has 0 aliphatic heterocycles. The van der Waals surface area contributed by atoms with Crippen LogP contribution in [0.2, 0.25) is 0 Å². The van der Waals surface area contributed by atoms with Crippen LogP contribution >= 0.6 is 15.9 Å². The molecule has 35 heavy (non-hydrogen) atoms. The minimum absolute atomic E-state index is 0.0271. The summed E-state index contributed by atoms with van der Waals surface area (Å²) in [6.07, 6.45) is 0. The fourth-order valence-electron chi connectivity index (χ4n) is 3.86. The Hall–Kier alpha value is -4.36. The van der Waals surface area contributed by atoms with Crippen LogP contribution in [0.3, 0.4) is 0 Å². The largest absolute Gasteiger partial charge is 0.322 e. The first-order valence-electron chi connectivity index (χ1n) is 10.8. The molecule has 0 atom stereocenters. The zero-order chi connectivity index (χ0) is 24.4. The van der Waals surface area contributed by atoms with Gasteiger partial charge in [0.25, 0.3) is 11.6 Å². The van der Waals surface area contributed by atoms with Crippen molar-refractivity contribution in [1.82, 2.24) is 4.98 Å². The van der Waals surface area contributed by atoms with Crippen molar-refractivity contribution in [3.8, 4) is 22.4 Å². The van der Waals surface area contributed by atoms with E-state index in [1.807, 2.05) is 72.8 Å². The van der Waals surface area contributed by atoms with Crippen molar-refractivity contribution in [3.05, 3.63) is 123 Å². The third-order valence-electron chi connectivity index (χ3n) is 5.63. The van der Waals surface area contributed by atoms with Gasteiger partial charge in [-0.15, -0.1) is 0 Å². The van der Waals surface area contributed by atoms with Gasteiger partial charge < -0.3 is 5.32 Å². The van der Waals surface area contributed by atoms with E-state index in [0.29, 0.717) is 16.9 Å². The van der Waals surface area contributed by atoms with E-state index < -0.39 is 4.92 Å². The molecule has 0 aliphatic carbocycles. The predicted octanol–water partition coefficient (Wildman–Crippen LogP) is 7.49. The molecule has 6 nitrogen and oxygen atoms in total. The molecule has 0 spiro atoms. The Labute approximate surface area is 209 Å². The number of aromatic nitrogens is 1. The molecule has 0 saturated carbocycles. The average molecular weight is 524 g/mol. The van der Waals surface area contributed by atoms with E-state index in [2.05, 4.69) is 21.2 Å². The second-order valence-electron chi connectivity index (χ2n) is 7.92. The number of carbonyl (C=O) groups excluding carboxylic acids is 1. The Bertz CT molecular complexity index is 1550. The van der Waals surface area contributed by atoms with Gasteiger partial charge in [-0.05, 0) is 71.8 Å². The number of nitro benzene ring substituents is 1. The Morgan fingerprint density at radius 2 is 1.54 bits per heavy atom. The maximum Gasteiger partial charge on any atom is 0.269 e. The molecule has 170 valence electrons. The number of anilines is 1. The van der Waals surface area contributed by atoms with Gasteiger partial charge in [-0.2, -0.15) is 0 Å². The Balaban J connectivity index is 1.59. The minimum atomic E-state index is -0.423. The van der Waals surface area contributed by atoms with Crippen LogP contribution in [0.5, 0.6) is 0 Å². The molecular formula is C28H18BrN3O3. The van der Waals surface area contributed by atoms with Crippen LogP contribution in [0.15, 0.2) is 108 Å². The summed E-state index contributed by atoms with van der Waals surface area (Å²) in [4.78, 5) is 28.4. The quantitative estimate of drug-likeness (QED) is 0.191. The Kier molecular flexibility index (Phi) is 6.08. The van der Waals surface area contributed by atoms with E-state index in [1.54, 1.807) is 18.2 Å². The van der Waals surface area contributed by atoms with E-state index in [9.17, 15) is 14.9 Å². The molecule has 1 aromatic heterocycles. The van der Waals surface area contributed by atoms with Gasteiger partial charge in [0, 0.05) is 38.8 Å². The van der Waals surface area contributed by atoms with Crippen LogP contribution in [-0.4, -0.2) is 15.8 Å².